The lowest BCUT2D eigenvalue weighted by molar-refractivity contribution is 0.0981. The van der Waals surface area contributed by atoms with E-state index in [-0.39, 0.29) is 29.8 Å². The highest BCUT2D eigenvalue weighted by atomic mass is 32.2. The maximum absolute atomic E-state index is 11.7. The molecule has 0 saturated heterocycles. The van der Waals surface area contributed by atoms with Crippen LogP contribution in [0.5, 0.6) is 0 Å². The van der Waals surface area contributed by atoms with E-state index < -0.39 is 10.0 Å². The third-order valence-electron chi connectivity index (χ3n) is 4.30. The number of hydrogen-bond acceptors (Lipinski definition) is 8. The SMILES string of the molecule is CC(C)NC(=O)OC1CCC(c2cc(Nc3ncc(NS(C)(=O)=O)cn3)n[nH]2)C1. The van der Waals surface area contributed by atoms with Crippen LogP contribution in [0.3, 0.4) is 0 Å². The Balaban J connectivity index is 1.54. The van der Waals surface area contributed by atoms with Crippen molar-refractivity contribution < 1.29 is 17.9 Å². The second-order valence-corrected chi connectivity index (χ2v) is 9.09. The largest absolute Gasteiger partial charge is 0.446 e. The first-order chi connectivity index (χ1) is 13.7. The molecule has 158 valence electrons. The number of hydrogen-bond donors (Lipinski definition) is 4. The van der Waals surface area contributed by atoms with Crippen LogP contribution in [0.25, 0.3) is 0 Å². The van der Waals surface area contributed by atoms with Crippen LogP contribution >= 0.6 is 0 Å². The highest BCUT2D eigenvalue weighted by molar-refractivity contribution is 7.92. The second kappa shape index (κ2) is 8.64. The summed E-state index contributed by atoms with van der Waals surface area (Å²) in [5.74, 6) is 1.06. The summed E-state index contributed by atoms with van der Waals surface area (Å²) >= 11 is 0. The Morgan fingerprint density at radius 1 is 1.28 bits per heavy atom. The van der Waals surface area contributed by atoms with E-state index in [9.17, 15) is 13.2 Å². The van der Waals surface area contributed by atoms with Crippen LogP contribution in [0.1, 0.15) is 44.7 Å². The van der Waals surface area contributed by atoms with E-state index in [1.165, 1.54) is 12.4 Å². The highest BCUT2D eigenvalue weighted by Crippen LogP contribution is 2.36. The smallest absolute Gasteiger partial charge is 0.407 e. The van der Waals surface area contributed by atoms with Gasteiger partial charge in [-0.15, -0.1) is 0 Å². The molecule has 2 unspecified atom stereocenters. The van der Waals surface area contributed by atoms with Crippen molar-refractivity contribution in [3.63, 3.8) is 0 Å². The summed E-state index contributed by atoms with van der Waals surface area (Å²) in [7, 11) is -3.38. The van der Waals surface area contributed by atoms with E-state index in [2.05, 4.69) is 35.5 Å². The molecule has 0 radical (unpaired) electrons. The van der Waals surface area contributed by atoms with Crippen molar-refractivity contribution >= 4 is 33.6 Å². The van der Waals surface area contributed by atoms with Gasteiger partial charge in [-0.2, -0.15) is 5.10 Å². The number of nitrogens with one attached hydrogen (secondary N) is 4. The number of H-pyrrole nitrogens is 1. The number of aromatic amines is 1. The van der Waals surface area contributed by atoms with Crippen molar-refractivity contribution in [1.29, 1.82) is 0 Å². The topological polar surface area (TPSA) is 151 Å². The standard InChI is InChI=1S/C17H25N7O4S/c1-10(2)20-17(25)28-13-5-4-11(6-13)14-7-15(23-22-14)21-16-18-8-12(9-19-16)24-29(3,26)27/h7-11,13,24H,4-6H2,1-3H3,(H,20,25)(H2,18,19,21,22,23). The van der Waals surface area contributed by atoms with Crippen LogP contribution < -0.4 is 15.4 Å². The van der Waals surface area contributed by atoms with Gasteiger partial charge in [0.1, 0.15) is 6.10 Å². The van der Waals surface area contributed by atoms with Gasteiger partial charge >= 0.3 is 6.09 Å². The van der Waals surface area contributed by atoms with Gasteiger partial charge < -0.3 is 15.4 Å². The lowest BCUT2D eigenvalue weighted by Gasteiger charge is -2.14. The monoisotopic (exact) mass is 423 g/mol. The average molecular weight is 423 g/mol. The molecule has 1 amide bonds. The zero-order valence-corrected chi connectivity index (χ0v) is 17.3. The minimum absolute atomic E-state index is 0.0411. The van der Waals surface area contributed by atoms with Crippen LogP contribution in [0.2, 0.25) is 0 Å². The Morgan fingerprint density at radius 2 is 2.00 bits per heavy atom. The fraction of sp³-hybridized carbons (Fsp3) is 0.529. The number of nitrogens with zero attached hydrogens (tertiary/aromatic N) is 3. The normalized spacial score (nSPS) is 19.2. The molecule has 4 N–H and O–H groups in total. The molecule has 0 aromatic carbocycles. The third-order valence-corrected chi connectivity index (χ3v) is 4.90. The van der Waals surface area contributed by atoms with Gasteiger partial charge in [-0.1, -0.05) is 0 Å². The molecule has 2 aromatic heterocycles. The first-order valence-corrected chi connectivity index (χ1v) is 11.2. The summed E-state index contributed by atoms with van der Waals surface area (Å²) in [6, 6.07) is 1.91. The van der Waals surface area contributed by atoms with Gasteiger partial charge in [-0.3, -0.25) is 9.82 Å². The molecule has 1 aliphatic rings. The Kier molecular flexibility index (Phi) is 6.20. The fourth-order valence-corrected chi connectivity index (χ4v) is 3.67. The maximum Gasteiger partial charge on any atom is 0.407 e. The van der Waals surface area contributed by atoms with Gasteiger partial charge in [0.05, 0.1) is 24.3 Å². The first-order valence-electron chi connectivity index (χ1n) is 9.27. The minimum atomic E-state index is -3.38. The third kappa shape index (κ3) is 6.31. The zero-order chi connectivity index (χ0) is 21.0. The van der Waals surface area contributed by atoms with Gasteiger partial charge in [-0.05, 0) is 33.1 Å². The number of amides is 1. The lowest BCUT2D eigenvalue weighted by Crippen LogP contribution is -2.33. The summed E-state index contributed by atoms with van der Waals surface area (Å²) in [6.45, 7) is 3.77. The first kappa shape index (κ1) is 20.8. The molecular weight excluding hydrogens is 398 g/mol. The van der Waals surface area contributed by atoms with Crippen molar-refractivity contribution in [2.24, 2.45) is 0 Å². The summed E-state index contributed by atoms with van der Waals surface area (Å²) in [4.78, 5) is 19.9. The molecule has 1 aliphatic carbocycles. The molecule has 3 rings (SSSR count). The van der Waals surface area contributed by atoms with Crippen molar-refractivity contribution in [2.75, 3.05) is 16.3 Å². The number of alkyl carbamates (subject to hydrolysis) is 1. The molecular formula is C17H25N7O4S. The number of aromatic nitrogens is 4. The average Bonchev–Trinajstić information content (AvgIpc) is 3.24. The van der Waals surface area contributed by atoms with E-state index in [1.807, 2.05) is 19.9 Å². The molecule has 12 heteroatoms. The molecule has 0 aliphatic heterocycles. The molecule has 1 saturated carbocycles. The maximum atomic E-state index is 11.7. The summed E-state index contributed by atoms with van der Waals surface area (Å²) < 4.78 is 30.2. The van der Waals surface area contributed by atoms with E-state index in [4.69, 9.17) is 4.74 Å². The van der Waals surface area contributed by atoms with Crippen molar-refractivity contribution in [3.05, 3.63) is 24.2 Å². The lowest BCUT2D eigenvalue weighted by atomic mass is 10.0. The molecule has 2 heterocycles. The van der Waals surface area contributed by atoms with Crippen molar-refractivity contribution in [1.82, 2.24) is 25.5 Å². The Morgan fingerprint density at radius 3 is 2.66 bits per heavy atom. The zero-order valence-electron chi connectivity index (χ0n) is 16.5. The number of rotatable bonds is 7. The number of carbonyl (C=O) groups excluding carboxylic acids is 1. The Labute approximate surface area is 169 Å². The molecule has 2 atom stereocenters. The molecule has 1 fully saturated rings. The van der Waals surface area contributed by atoms with E-state index >= 15 is 0 Å². The second-order valence-electron chi connectivity index (χ2n) is 7.34. The quantitative estimate of drug-likeness (QED) is 0.528. The molecule has 11 nitrogen and oxygen atoms in total. The predicted molar refractivity (Wildman–Crippen MR) is 108 cm³/mol. The molecule has 0 bridgehead atoms. The van der Waals surface area contributed by atoms with E-state index in [0.29, 0.717) is 11.8 Å². The minimum Gasteiger partial charge on any atom is -0.446 e. The van der Waals surface area contributed by atoms with Gasteiger partial charge in [0, 0.05) is 23.7 Å². The van der Waals surface area contributed by atoms with Crippen molar-refractivity contribution in [2.45, 2.75) is 51.2 Å². The molecule has 2 aromatic rings. The van der Waals surface area contributed by atoms with Crippen LogP contribution in [-0.4, -0.2) is 53.1 Å². The molecule has 0 spiro atoms. The summed E-state index contributed by atoms with van der Waals surface area (Å²) in [6.07, 6.45) is 5.71. The number of ether oxygens (including phenoxy) is 1. The van der Waals surface area contributed by atoms with Gasteiger partial charge in [0.2, 0.25) is 16.0 Å². The van der Waals surface area contributed by atoms with Gasteiger partial charge in [0.25, 0.3) is 0 Å². The van der Waals surface area contributed by atoms with Gasteiger partial charge in [-0.25, -0.2) is 23.2 Å². The predicted octanol–water partition coefficient (Wildman–Crippen LogP) is 2.09. The number of anilines is 3. The van der Waals surface area contributed by atoms with Crippen LogP contribution in [0.15, 0.2) is 18.5 Å². The Bertz CT molecular complexity index is 943. The number of carbonyl (C=O) groups is 1. The van der Waals surface area contributed by atoms with E-state index in [1.54, 1.807) is 0 Å². The van der Waals surface area contributed by atoms with Gasteiger partial charge in [0.15, 0.2) is 5.82 Å². The molecule has 29 heavy (non-hydrogen) atoms. The summed E-state index contributed by atoms with van der Waals surface area (Å²) in [5, 5.41) is 12.9. The van der Waals surface area contributed by atoms with Crippen molar-refractivity contribution in [3.8, 4) is 0 Å². The fourth-order valence-electron chi connectivity index (χ4n) is 3.13. The van der Waals surface area contributed by atoms with E-state index in [0.717, 1.165) is 31.2 Å². The number of sulfonamides is 1. The highest BCUT2D eigenvalue weighted by Gasteiger charge is 2.30. The Hall–Kier alpha value is -2.89. The summed E-state index contributed by atoms with van der Waals surface area (Å²) in [5.41, 5.74) is 1.22. The van der Waals surface area contributed by atoms with Crippen LogP contribution in [-0.2, 0) is 14.8 Å². The van der Waals surface area contributed by atoms with Crippen LogP contribution in [0, 0.1) is 0 Å². The van der Waals surface area contributed by atoms with Crippen LogP contribution in [0.4, 0.5) is 22.2 Å².